The monoisotopic (exact) mass is 339 g/mol. The lowest BCUT2D eigenvalue weighted by molar-refractivity contribution is 0.000415. The molecule has 1 fully saturated rings. The van der Waals surface area contributed by atoms with E-state index in [1.807, 2.05) is 0 Å². The van der Waals surface area contributed by atoms with Gasteiger partial charge in [-0.2, -0.15) is 4.31 Å². The topological polar surface area (TPSA) is 106 Å². The fourth-order valence-electron chi connectivity index (χ4n) is 2.35. The third kappa shape index (κ3) is 3.66. The first-order chi connectivity index (χ1) is 10.9. The second-order valence-corrected chi connectivity index (χ2v) is 7.26. The number of hydrogen-bond acceptors (Lipinski definition) is 6. The highest BCUT2D eigenvalue weighted by molar-refractivity contribution is 7.88. The van der Waals surface area contributed by atoms with Crippen LogP contribution in [0.5, 0.6) is 0 Å². The van der Waals surface area contributed by atoms with Gasteiger partial charge in [0.1, 0.15) is 5.69 Å². The molecular formula is C13H17N5O4S. The van der Waals surface area contributed by atoms with Gasteiger partial charge >= 0.3 is 0 Å². The van der Waals surface area contributed by atoms with Crippen LogP contribution in [0.3, 0.4) is 0 Å². The van der Waals surface area contributed by atoms with Crippen molar-refractivity contribution in [2.75, 3.05) is 32.5 Å². The summed E-state index contributed by atoms with van der Waals surface area (Å²) < 4.78 is 31.6. The third-order valence-corrected chi connectivity index (χ3v) is 4.80. The number of fused-ring (bicyclic) bond motifs is 1. The molecule has 3 heterocycles. The summed E-state index contributed by atoms with van der Waals surface area (Å²) in [5, 5.41) is 2.71. The predicted octanol–water partition coefficient (Wildman–Crippen LogP) is -0.880. The number of hydrogen-bond donors (Lipinski definition) is 1. The summed E-state index contributed by atoms with van der Waals surface area (Å²) >= 11 is 0. The van der Waals surface area contributed by atoms with Crippen molar-refractivity contribution < 1.29 is 17.9 Å². The van der Waals surface area contributed by atoms with Gasteiger partial charge in [0.25, 0.3) is 5.91 Å². The second kappa shape index (κ2) is 6.22. The lowest BCUT2D eigenvalue weighted by Gasteiger charge is -2.31. The van der Waals surface area contributed by atoms with Crippen LogP contribution in [-0.4, -0.2) is 71.6 Å². The molecule has 2 aromatic heterocycles. The van der Waals surface area contributed by atoms with Gasteiger partial charge in [0.05, 0.1) is 19.0 Å². The molecule has 3 rings (SSSR count). The molecule has 1 saturated heterocycles. The highest BCUT2D eigenvalue weighted by Crippen LogP contribution is 2.08. The first-order valence-electron chi connectivity index (χ1n) is 7.08. The van der Waals surface area contributed by atoms with Crippen LogP contribution in [0.25, 0.3) is 5.78 Å². The van der Waals surface area contributed by atoms with E-state index in [1.54, 1.807) is 29.1 Å². The van der Waals surface area contributed by atoms with E-state index >= 15 is 0 Å². The summed E-state index contributed by atoms with van der Waals surface area (Å²) in [6, 6.07) is 1.74. The van der Waals surface area contributed by atoms with Crippen LogP contribution in [0.2, 0.25) is 0 Å². The number of ether oxygens (including phenoxy) is 1. The number of morpholine rings is 1. The zero-order chi connectivity index (χ0) is 16.4. The Morgan fingerprint density at radius 2 is 2.35 bits per heavy atom. The number of rotatable bonds is 4. The number of carbonyl (C=O) groups is 1. The van der Waals surface area contributed by atoms with Gasteiger partial charge in [-0.05, 0) is 6.07 Å². The Kier molecular flexibility index (Phi) is 4.28. The van der Waals surface area contributed by atoms with E-state index in [9.17, 15) is 13.2 Å². The van der Waals surface area contributed by atoms with Crippen LogP contribution >= 0.6 is 0 Å². The Morgan fingerprint density at radius 3 is 3.09 bits per heavy atom. The van der Waals surface area contributed by atoms with Gasteiger partial charge in [0, 0.05) is 38.2 Å². The summed E-state index contributed by atoms with van der Waals surface area (Å²) in [7, 11) is -3.25. The van der Waals surface area contributed by atoms with Crippen LogP contribution in [0, 0.1) is 0 Å². The summed E-state index contributed by atoms with van der Waals surface area (Å²) in [6.45, 7) is 1.09. The van der Waals surface area contributed by atoms with Gasteiger partial charge in [-0.1, -0.05) is 0 Å². The minimum absolute atomic E-state index is 0.214. The molecule has 0 bridgehead atoms. The summed E-state index contributed by atoms with van der Waals surface area (Å²) in [5.41, 5.74) is 0.250. The summed E-state index contributed by atoms with van der Waals surface area (Å²) in [6.07, 6.45) is 5.72. The number of imidazole rings is 1. The predicted molar refractivity (Wildman–Crippen MR) is 81.5 cm³/mol. The first kappa shape index (κ1) is 15.8. The number of carbonyl (C=O) groups excluding carboxylic acids is 1. The zero-order valence-electron chi connectivity index (χ0n) is 12.5. The second-order valence-electron chi connectivity index (χ2n) is 5.28. The lowest BCUT2D eigenvalue weighted by Crippen LogP contribution is -2.49. The highest BCUT2D eigenvalue weighted by Gasteiger charge is 2.27. The van der Waals surface area contributed by atoms with E-state index in [2.05, 4.69) is 15.3 Å². The van der Waals surface area contributed by atoms with Crippen LogP contribution in [-0.2, 0) is 14.8 Å². The van der Waals surface area contributed by atoms with Gasteiger partial charge in [-0.25, -0.2) is 18.4 Å². The molecule has 0 spiro atoms. The maximum absolute atomic E-state index is 12.1. The SMILES string of the molecule is CS(=O)(=O)N1CCOC(CNC(=O)c2cn3cccnc3n2)C1. The normalized spacial score (nSPS) is 19.8. The van der Waals surface area contributed by atoms with Gasteiger partial charge in [0.2, 0.25) is 15.8 Å². The van der Waals surface area contributed by atoms with Crippen molar-refractivity contribution in [2.45, 2.75) is 6.10 Å². The average molecular weight is 339 g/mol. The van der Waals surface area contributed by atoms with Crippen molar-refractivity contribution in [3.8, 4) is 0 Å². The van der Waals surface area contributed by atoms with Crippen molar-refractivity contribution in [1.29, 1.82) is 0 Å². The fraction of sp³-hybridized carbons (Fsp3) is 0.462. The minimum Gasteiger partial charge on any atom is -0.374 e. The number of amides is 1. The van der Waals surface area contributed by atoms with Crippen molar-refractivity contribution in [3.05, 3.63) is 30.4 Å². The van der Waals surface area contributed by atoms with Crippen molar-refractivity contribution >= 4 is 21.7 Å². The van der Waals surface area contributed by atoms with Gasteiger partial charge < -0.3 is 10.1 Å². The third-order valence-electron chi connectivity index (χ3n) is 3.53. The quantitative estimate of drug-likeness (QED) is 0.775. The minimum atomic E-state index is -3.25. The van der Waals surface area contributed by atoms with E-state index in [4.69, 9.17) is 4.74 Å². The lowest BCUT2D eigenvalue weighted by atomic mass is 10.3. The number of sulfonamides is 1. The molecule has 1 aliphatic rings. The standard InChI is InChI=1S/C13H17N5O4S/c1-23(20,21)18-5-6-22-10(8-18)7-15-12(19)11-9-17-4-2-3-14-13(17)16-11/h2-4,9-10H,5-8H2,1H3,(H,15,19). The molecule has 1 amide bonds. The van der Waals surface area contributed by atoms with Crippen LogP contribution < -0.4 is 5.32 Å². The molecule has 1 atom stereocenters. The molecule has 0 saturated carbocycles. The molecule has 1 aliphatic heterocycles. The number of aromatic nitrogens is 3. The van der Waals surface area contributed by atoms with Crippen LogP contribution in [0.1, 0.15) is 10.5 Å². The molecule has 2 aromatic rings. The van der Waals surface area contributed by atoms with Crippen molar-refractivity contribution in [1.82, 2.24) is 24.0 Å². The smallest absolute Gasteiger partial charge is 0.271 e. The Balaban J connectivity index is 1.60. The zero-order valence-corrected chi connectivity index (χ0v) is 13.4. The van der Waals surface area contributed by atoms with Gasteiger partial charge in [-0.3, -0.25) is 9.20 Å². The maximum atomic E-state index is 12.1. The Labute approximate surface area is 133 Å². The largest absolute Gasteiger partial charge is 0.374 e. The average Bonchev–Trinajstić information content (AvgIpc) is 2.96. The molecule has 0 aromatic carbocycles. The summed E-state index contributed by atoms with van der Waals surface area (Å²) in [4.78, 5) is 20.3. The molecule has 0 radical (unpaired) electrons. The fourth-order valence-corrected chi connectivity index (χ4v) is 3.20. The molecule has 9 nitrogen and oxygen atoms in total. The number of nitrogens with zero attached hydrogens (tertiary/aromatic N) is 4. The van der Waals surface area contributed by atoms with E-state index in [1.165, 1.54) is 4.31 Å². The Bertz CT molecular complexity index is 786. The molecule has 10 heteroatoms. The molecule has 1 N–H and O–H groups in total. The van der Waals surface area contributed by atoms with E-state index < -0.39 is 10.0 Å². The molecule has 0 aliphatic carbocycles. The van der Waals surface area contributed by atoms with Crippen LogP contribution in [0.15, 0.2) is 24.7 Å². The van der Waals surface area contributed by atoms with E-state index in [-0.39, 0.29) is 30.8 Å². The highest BCUT2D eigenvalue weighted by atomic mass is 32.2. The van der Waals surface area contributed by atoms with E-state index in [0.29, 0.717) is 18.9 Å². The van der Waals surface area contributed by atoms with Gasteiger partial charge in [0.15, 0.2) is 0 Å². The van der Waals surface area contributed by atoms with Crippen molar-refractivity contribution in [3.63, 3.8) is 0 Å². The summed E-state index contributed by atoms with van der Waals surface area (Å²) in [5.74, 6) is 0.0883. The molecule has 23 heavy (non-hydrogen) atoms. The maximum Gasteiger partial charge on any atom is 0.271 e. The van der Waals surface area contributed by atoms with Crippen LogP contribution in [0.4, 0.5) is 0 Å². The van der Waals surface area contributed by atoms with Gasteiger partial charge in [-0.15, -0.1) is 0 Å². The first-order valence-corrected chi connectivity index (χ1v) is 8.93. The number of nitrogens with one attached hydrogen (secondary N) is 1. The van der Waals surface area contributed by atoms with E-state index in [0.717, 1.165) is 6.26 Å². The van der Waals surface area contributed by atoms with Crippen molar-refractivity contribution in [2.24, 2.45) is 0 Å². The molecule has 124 valence electrons. The Hall–Kier alpha value is -2.04. The molecular weight excluding hydrogens is 322 g/mol. The Morgan fingerprint density at radius 1 is 1.52 bits per heavy atom. The molecule has 1 unspecified atom stereocenters.